The zero-order chi connectivity index (χ0) is 16.4. The van der Waals surface area contributed by atoms with E-state index in [0.717, 1.165) is 0 Å². The minimum atomic E-state index is -1.53. The third-order valence-electron chi connectivity index (χ3n) is 6.26. The summed E-state index contributed by atoms with van der Waals surface area (Å²) in [6.07, 6.45) is 3.67. The van der Waals surface area contributed by atoms with E-state index in [9.17, 15) is 19.1 Å². The SMILES string of the molecule is CC(NC(=O)C1C2C3CCC(C3)C12)(C(=O)O)c1ccc(F)cc1. The van der Waals surface area contributed by atoms with E-state index < -0.39 is 17.3 Å². The Hall–Kier alpha value is -1.91. The molecule has 0 spiro atoms. The second-order valence-corrected chi connectivity index (χ2v) is 7.44. The van der Waals surface area contributed by atoms with Crippen LogP contribution in [0.5, 0.6) is 0 Å². The van der Waals surface area contributed by atoms with Crippen LogP contribution >= 0.6 is 0 Å². The van der Waals surface area contributed by atoms with Crippen LogP contribution in [-0.2, 0) is 15.1 Å². The maximum atomic E-state index is 13.1. The van der Waals surface area contributed by atoms with E-state index >= 15 is 0 Å². The number of carboxylic acid groups (broad SMARTS) is 1. The van der Waals surface area contributed by atoms with Gasteiger partial charge in [-0.25, -0.2) is 9.18 Å². The molecule has 5 atom stereocenters. The Balaban J connectivity index is 1.54. The lowest BCUT2D eigenvalue weighted by Crippen LogP contribution is -2.50. The molecule has 1 aromatic carbocycles. The molecule has 3 aliphatic carbocycles. The summed E-state index contributed by atoms with van der Waals surface area (Å²) in [6.45, 7) is 1.47. The number of aliphatic carboxylic acids is 1. The first kappa shape index (κ1) is 14.7. The van der Waals surface area contributed by atoms with Crippen LogP contribution in [0.15, 0.2) is 24.3 Å². The number of hydrogen-bond acceptors (Lipinski definition) is 2. The molecular weight excluding hydrogens is 297 g/mol. The second-order valence-electron chi connectivity index (χ2n) is 7.44. The molecule has 2 N–H and O–H groups in total. The lowest BCUT2D eigenvalue weighted by Gasteiger charge is -2.27. The Morgan fingerprint density at radius 1 is 1.17 bits per heavy atom. The quantitative estimate of drug-likeness (QED) is 0.897. The lowest BCUT2D eigenvalue weighted by atomic mass is 9.91. The van der Waals surface area contributed by atoms with E-state index in [0.29, 0.717) is 29.2 Å². The Kier molecular flexibility index (Phi) is 3.06. The van der Waals surface area contributed by atoms with Crippen LogP contribution in [-0.4, -0.2) is 17.0 Å². The van der Waals surface area contributed by atoms with Gasteiger partial charge in [0.25, 0.3) is 0 Å². The van der Waals surface area contributed by atoms with Crippen LogP contribution in [0.25, 0.3) is 0 Å². The summed E-state index contributed by atoms with van der Waals surface area (Å²) in [7, 11) is 0. The van der Waals surface area contributed by atoms with Crippen molar-refractivity contribution in [2.24, 2.45) is 29.6 Å². The molecule has 2 bridgehead atoms. The van der Waals surface area contributed by atoms with E-state index in [2.05, 4.69) is 5.32 Å². The fourth-order valence-electron chi connectivity index (χ4n) is 5.04. The summed E-state index contributed by atoms with van der Waals surface area (Å²) < 4.78 is 13.1. The first-order valence-corrected chi connectivity index (χ1v) is 8.23. The van der Waals surface area contributed by atoms with Crippen LogP contribution in [0.1, 0.15) is 31.7 Å². The van der Waals surface area contributed by atoms with Crippen LogP contribution in [0.3, 0.4) is 0 Å². The fraction of sp³-hybridized carbons (Fsp3) is 0.556. The first-order valence-electron chi connectivity index (χ1n) is 8.23. The highest BCUT2D eigenvalue weighted by atomic mass is 19.1. The molecule has 3 saturated carbocycles. The van der Waals surface area contributed by atoms with E-state index in [1.54, 1.807) is 0 Å². The number of nitrogens with one attached hydrogen (secondary N) is 1. The number of halogens is 1. The molecular formula is C18H20FNO3. The van der Waals surface area contributed by atoms with Crippen molar-refractivity contribution in [3.05, 3.63) is 35.6 Å². The average Bonchev–Trinajstić information content (AvgIpc) is 2.96. The van der Waals surface area contributed by atoms with Gasteiger partial charge in [0, 0.05) is 5.92 Å². The van der Waals surface area contributed by atoms with Gasteiger partial charge < -0.3 is 10.4 Å². The number of carbonyl (C=O) groups excluding carboxylic acids is 1. The van der Waals surface area contributed by atoms with Crippen molar-refractivity contribution in [2.45, 2.75) is 31.7 Å². The first-order chi connectivity index (χ1) is 10.9. The van der Waals surface area contributed by atoms with Crippen LogP contribution < -0.4 is 5.32 Å². The number of carboxylic acids is 1. The molecule has 3 fully saturated rings. The molecule has 4 rings (SSSR count). The lowest BCUT2D eigenvalue weighted by molar-refractivity contribution is -0.147. The van der Waals surface area contributed by atoms with Gasteiger partial charge in [0.05, 0.1) is 0 Å². The van der Waals surface area contributed by atoms with Crippen molar-refractivity contribution in [3.63, 3.8) is 0 Å². The summed E-state index contributed by atoms with van der Waals surface area (Å²) in [5, 5.41) is 12.3. The molecule has 0 radical (unpaired) electrons. The van der Waals surface area contributed by atoms with Crippen LogP contribution in [0, 0.1) is 35.4 Å². The number of fused-ring (bicyclic) bond motifs is 5. The number of benzene rings is 1. The standard InChI is InChI=1S/C18H20FNO3/c1-18(17(22)23,11-4-6-12(19)7-5-11)20-16(21)15-13-9-2-3-10(8-9)14(13)15/h4-7,9-10,13-15H,2-3,8H2,1H3,(H,20,21)(H,22,23). The predicted molar refractivity (Wildman–Crippen MR) is 80.8 cm³/mol. The van der Waals surface area contributed by atoms with Gasteiger partial charge >= 0.3 is 5.97 Å². The van der Waals surface area contributed by atoms with Gasteiger partial charge in [-0.05, 0) is 67.6 Å². The Morgan fingerprint density at radius 2 is 1.74 bits per heavy atom. The summed E-state index contributed by atoms with van der Waals surface area (Å²) in [4.78, 5) is 24.4. The minimum Gasteiger partial charge on any atom is -0.479 e. The van der Waals surface area contributed by atoms with Crippen molar-refractivity contribution >= 4 is 11.9 Å². The predicted octanol–water partition coefficient (Wildman–Crippen LogP) is 2.53. The monoisotopic (exact) mass is 317 g/mol. The van der Waals surface area contributed by atoms with E-state index in [-0.39, 0.29) is 11.8 Å². The largest absolute Gasteiger partial charge is 0.479 e. The Labute approximate surface area is 134 Å². The molecule has 5 heteroatoms. The third-order valence-corrected chi connectivity index (χ3v) is 6.26. The number of amides is 1. The van der Waals surface area contributed by atoms with Crippen molar-refractivity contribution < 1.29 is 19.1 Å². The van der Waals surface area contributed by atoms with Gasteiger partial charge in [-0.1, -0.05) is 12.1 Å². The molecule has 4 nitrogen and oxygen atoms in total. The topological polar surface area (TPSA) is 66.4 Å². The molecule has 0 heterocycles. The summed E-state index contributed by atoms with van der Waals surface area (Å²) in [5.41, 5.74) is -1.14. The number of rotatable bonds is 4. The van der Waals surface area contributed by atoms with Gasteiger partial charge in [-0.3, -0.25) is 4.79 Å². The smallest absolute Gasteiger partial charge is 0.333 e. The fourth-order valence-corrected chi connectivity index (χ4v) is 5.04. The minimum absolute atomic E-state index is 0.0274. The van der Waals surface area contributed by atoms with Gasteiger partial charge in [0.1, 0.15) is 5.82 Å². The van der Waals surface area contributed by atoms with Gasteiger partial charge in [0.15, 0.2) is 5.54 Å². The average molecular weight is 317 g/mol. The number of hydrogen-bond donors (Lipinski definition) is 2. The molecule has 23 heavy (non-hydrogen) atoms. The summed E-state index contributed by atoms with van der Waals surface area (Å²) in [6, 6.07) is 5.27. The highest BCUT2D eigenvalue weighted by molar-refractivity contribution is 5.90. The van der Waals surface area contributed by atoms with Gasteiger partial charge in [0.2, 0.25) is 5.91 Å². The van der Waals surface area contributed by atoms with Crippen molar-refractivity contribution in [3.8, 4) is 0 Å². The maximum Gasteiger partial charge on any atom is 0.333 e. The van der Waals surface area contributed by atoms with Gasteiger partial charge in [-0.2, -0.15) is 0 Å². The summed E-state index contributed by atoms with van der Waals surface area (Å²) in [5.74, 6) is 0.476. The third kappa shape index (κ3) is 2.09. The normalized spacial score (nSPS) is 36.2. The zero-order valence-electron chi connectivity index (χ0n) is 13.0. The van der Waals surface area contributed by atoms with Crippen molar-refractivity contribution in [2.75, 3.05) is 0 Å². The maximum absolute atomic E-state index is 13.1. The Morgan fingerprint density at radius 3 is 2.26 bits per heavy atom. The summed E-state index contributed by atoms with van der Waals surface area (Å²) >= 11 is 0. The molecule has 0 aliphatic heterocycles. The number of carbonyl (C=O) groups is 2. The molecule has 1 amide bonds. The highest BCUT2D eigenvalue weighted by Gasteiger charge is 2.67. The van der Waals surface area contributed by atoms with Crippen molar-refractivity contribution in [1.29, 1.82) is 0 Å². The zero-order valence-corrected chi connectivity index (χ0v) is 13.0. The van der Waals surface area contributed by atoms with E-state index in [1.807, 2.05) is 0 Å². The van der Waals surface area contributed by atoms with Gasteiger partial charge in [-0.15, -0.1) is 0 Å². The second kappa shape index (κ2) is 4.79. The molecule has 3 aliphatic rings. The van der Waals surface area contributed by atoms with E-state index in [1.165, 1.54) is 50.5 Å². The molecule has 5 unspecified atom stereocenters. The highest BCUT2D eigenvalue weighted by Crippen LogP contribution is 2.69. The molecule has 0 aromatic heterocycles. The van der Waals surface area contributed by atoms with Crippen molar-refractivity contribution in [1.82, 2.24) is 5.32 Å². The van der Waals surface area contributed by atoms with E-state index in [4.69, 9.17) is 0 Å². The van der Waals surface area contributed by atoms with Crippen LogP contribution in [0.4, 0.5) is 4.39 Å². The Bertz CT molecular complexity index is 657. The van der Waals surface area contributed by atoms with Crippen LogP contribution in [0.2, 0.25) is 0 Å². The molecule has 0 saturated heterocycles. The molecule has 1 aromatic rings. The molecule has 122 valence electrons.